The third-order valence-electron chi connectivity index (χ3n) is 2.27. The molecule has 1 unspecified atom stereocenters. The van der Waals surface area contributed by atoms with Crippen LogP contribution in [-0.4, -0.2) is 4.98 Å². The molecule has 0 saturated carbocycles. The van der Waals surface area contributed by atoms with Gasteiger partial charge in [0.2, 0.25) is 6.04 Å². The molecule has 0 aliphatic heterocycles. The number of fused-ring (bicyclic) bond motifs is 1. The molecule has 0 saturated heterocycles. The summed E-state index contributed by atoms with van der Waals surface area (Å²) in [6, 6.07) is 7.98. The van der Waals surface area contributed by atoms with Gasteiger partial charge >= 0.3 is 0 Å². The Morgan fingerprint density at radius 2 is 2.23 bits per heavy atom. The Morgan fingerprint density at radius 3 is 3.00 bits per heavy atom. The highest BCUT2D eigenvalue weighted by Crippen LogP contribution is 2.25. The minimum atomic E-state index is -0.0560. The average molecular weight is 170 g/mol. The van der Waals surface area contributed by atoms with Crippen molar-refractivity contribution in [1.29, 1.82) is 0 Å². The molecule has 1 heterocycles. The molecule has 1 aromatic heterocycles. The highest BCUT2D eigenvalue weighted by Gasteiger charge is 2.11. The highest BCUT2D eigenvalue weighted by atomic mass is 14.7. The number of benzene rings is 1. The van der Waals surface area contributed by atoms with Gasteiger partial charge in [0, 0.05) is 29.6 Å². The molecule has 1 aromatic carbocycles. The predicted molar refractivity (Wildman–Crippen MR) is 53.3 cm³/mol. The van der Waals surface area contributed by atoms with Gasteiger partial charge in [0.25, 0.3) is 0 Å². The molecule has 2 rings (SSSR count). The van der Waals surface area contributed by atoms with Gasteiger partial charge in [-0.15, -0.1) is 0 Å². The lowest BCUT2D eigenvalue weighted by molar-refractivity contribution is 0.974. The third kappa shape index (κ3) is 1.19. The lowest BCUT2D eigenvalue weighted by Crippen LogP contribution is -1.86. The van der Waals surface area contributed by atoms with Crippen LogP contribution in [0.2, 0.25) is 0 Å². The Morgan fingerprint density at radius 1 is 1.38 bits per heavy atom. The zero-order valence-corrected chi connectivity index (χ0v) is 7.41. The van der Waals surface area contributed by atoms with Gasteiger partial charge in [-0.05, 0) is 12.1 Å². The van der Waals surface area contributed by atoms with Crippen molar-refractivity contribution in [3.63, 3.8) is 0 Å². The number of nitrogens with one attached hydrogen (secondary N) is 1. The smallest absolute Gasteiger partial charge is 0.246 e. The van der Waals surface area contributed by atoms with E-state index in [2.05, 4.69) is 9.83 Å². The molecule has 13 heavy (non-hydrogen) atoms. The van der Waals surface area contributed by atoms with Gasteiger partial charge in [0.05, 0.1) is 0 Å². The number of rotatable bonds is 1. The summed E-state index contributed by atoms with van der Waals surface area (Å²) in [7, 11) is 0. The Labute approximate surface area is 77.0 Å². The van der Waals surface area contributed by atoms with Crippen molar-refractivity contribution in [2.24, 2.45) is 0 Å². The van der Waals surface area contributed by atoms with Crippen molar-refractivity contribution in [1.82, 2.24) is 4.98 Å². The monoisotopic (exact) mass is 170 g/mol. The number of hydrogen-bond acceptors (Lipinski definition) is 0. The van der Waals surface area contributed by atoms with Crippen LogP contribution in [0.25, 0.3) is 15.7 Å². The summed E-state index contributed by atoms with van der Waals surface area (Å²) in [6.45, 7) is 8.91. The van der Waals surface area contributed by atoms with Crippen LogP contribution < -0.4 is 0 Å². The Kier molecular flexibility index (Phi) is 1.79. The third-order valence-corrected chi connectivity index (χ3v) is 2.27. The van der Waals surface area contributed by atoms with Gasteiger partial charge in [0.15, 0.2) is 0 Å². The van der Waals surface area contributed by atoms with Gasteiger partial charge in [0.1, 0.15) is 0 Å². The van der Waals surface area contributed by atoms with Gasteiger partial charge in [-0.1, -0.05) is 12.1 Å². The molecule has 2 aromatic rings. The fourth-order valence-electron chi connectivity index (χ4n) is 1.54. The molecule has 1 atom stereocenters. The van der Waals surface area contributed by atoms with Crippen molar-refractivity contribution < 1.29 is 0 Å². The average Bonchev–Trinajstić information content (AvgIpc) is 2.63. The molecule has 0 spiro atoms. The van der Waals surface area contributed by atoms with E-state index in [1.165, 1.54) is 0 Å². The van der Waals surface area contributed by atoms with Crippen LogP contribution in [0, 0.1) is 6.57 Å². The van der Waals surface area contributed by atoms with Gasteiger partial charge in [-0.3, -0.25) is 0 Å². The van der Waals surface area contributed by atoms with E-state index in [1.54, 1.807) is 0 Å². The maximum atomic E-state index is 6.99. The van der Waals surface area contributed by atoms with Crippen LogP contribution in [0.1, 0.15) is 18.5 Å². The second kappa shape index (κ2) is 2.95. The van der Waals surface area contributed by atoms with Crippen molar-refractivity contribution in [2.75, 3.05) is 0 Å². The van der Waals surface area contributed by atoms with E-state index in [0.717, 1.165) is 16.5 Å². The van der Waals surface area contributed by atoms with Crippen molar-refractivity contribution in [2.45, 2.75) is 13.0 Å². The lowest BCUT2D eigenvalue weighted by Gasteiger charge is -2.00. The summed E-state index contributed by atoms with van der Waals surface area (Å²) in [6.07, 6.45) is 1.91. The van der Waals surface area contributed by atoms with E-state index in [0.29, 0.717) is 0 Å². The summed E-state index contributed by atoms with van der Waals surface area (Å²) in [5.74, 6) is 0. The van der Waals surface area contributed by atoms with Crippen molar-refractivity contribution in [3.05, 3.63) is 47.4 Å². The maximum absolute atomic E-state index is 6.99. The largest absolute Gasteiger partial charge is 0.361 e. The molecule has 0 bridgehead atoms. The maximum Gasteiger partial charge on any atom is 0.246 e. The van der Waals surface area contributed by atoms with Crippen LogP contribution in [0.4, 0.5) is 0 Å². The Bertz CT molecular complexity index is 462. The van der Waals surface area contributed by atoms with Gasteiger partial charge in [-0.2, -0.15) is 0 Å². The van der Waals surface area contributed by atoms with E-state index in [4.69, 9.17) is 6.57 Å². The van der Waals surface area contributed by atoms with Gasteiger partial charge in [-0.25, -0.2) is 6.57 Å². The standard InChI is InChI=1S/C11H10N2/c1-8(12-2)9-4-3-5-11-10(9)6-7-13-11/h3-8,13H,1H3. The van der Waals surface area contributed by atoms with Crippen LogP contribution in [0.3, 0.4) is 0 Å². The number of hydrogen-bond donors (Lipinski definition) is 1. The second-order valence-corrected chi connectivity index (χ2v) is 3.09. The zero-order chi connectivity index (χ0) is 9.26. The molecular weight excluding hydrogens is 160 g/mol. The Hall–Kier alpha value is -1.75. The molecule has 0 amide bonds. The number of aromatic amines is 1. The predicted octanol–water partition coefficient (Wildman–Crippen LogP) is 3.15. The van der Waals surface area contributed by atoms with Gasteiger partial charge < -0.3 is 9.83 Å². The molecule has 0 fully saturated rings. The van der Waals surface area contributed by atoms with Crippen LogP contribution in [0.5, 0.6) is 0 Å². The topological polar surface area (TPSA) is 20.1 Å². The first-order valence-electron chi connectivity index (χ1n) is 4.25. The first-order chi connectivity index (χ1) is 6.33. The minimum absolute atomic E-state index is 0.0560. The van der Waals surface area contributed by atoms with Crippen LogP contribution in [-0.2, 0) is 0 Å². The molecule has 0 aliphatic carbocycles. The number of nitrogens with zero attached hydrogens (tertiary/aromatic N) is 1. The zero-order valence-electron chi connectivity index (χ0n) is 7.41. The molecule has 0 aliphatic rings. The highest BCUT2D eigenvalue weighted by molar-refractivity contribution is 5.83. The summed E-state index contributed by atoms with van der Waals surface area (Å²) >= 11 is 0. The normalized spacial score (nSPS) is 12.6. The van der Waals surface area contributed by atoms with E-state index in [9.17, 15) is 0 Å². The summed E-state index contributed by atoms with van der Waals surface area (Å²) in [4.78, 5) is 6.66. The van der Waals surface area contributed by atoms with E-state index in [-0.39, 0.29) is 6.04 Å². The van der Waals surface area contributed by atoms with E-state index < -0.39 is 0 Å². The van der Waals surface area contributed by atoms with Crippen molar-refractivity contribution in [3.8, 4) is 0 Å². The Balaban J connectivity index is 2.69. The minimum Gasteiger partial charge on any atom is -0.361 e. The molecule has 0 radical (unpaired) electrons. The van der Waals surface area contributed by atoms with Crippen LogP contribution >= 0.6 is 0 Å². The molecule has 2 heteroatoms. The second-order valence-electron chi connectivity index (χ2n) is 3.09. The fraction of sp³-hybridized carbons (Fsp3) is 0.182. The molecular formula is C11H10N2. The molecule has 1 N–H and O–H groups in total. The molecule has 2 nitrogen and oxygen atoms in total. The lowest BCUT2D eigenvalue weighted by atomic mass is 10.0. The van der Waals surface area contributed by atoms with E-state index in [1.807, 2.05) is 37.4 Å². The first kappa shape index (κ1) is 7.88. The van der Waals surface area contributed by atoms with Crippen molar-refractivity contribution >= 4 is 10.9 Å². The summed E-state index contributed by atoms with van der Waals surface area (Å²) < 4.78 is 0. The SMILES string of the molecule is [C-]#[N+]C(C)c1cccc2[nH]ccc12. The number of aromatic nitrogens is 1. The quantitative estimate of drug-likeness (QED) is 0.634. The van der Waals surface area contributed by atoms with E-state index >= 15 is 0 Å². The first-order valence-corrected chi connectivity index (χ1v) is 4.25. The molecule has 64 valence electrons. The summed E-state index contributed by atoms with van der Waals surface area (Å²) in [5.41, 5.74) is 2.21. The number of H-pyrrole nitrogens is 1. The van der Waals surface area contributed by atoms with Crippen LogP contribution in [0.15, 0.2) is 30.5 Å². The summed E-state index contributed by atoms with van der Waals surface area (Å²) in [5, 5.41) is 1.16. The fourth-order valence-corrected chi connectivity index (χ4v) is 1.54.